The van der Waals surface area contributed by atoms with E-state index in [2.05, 4.69) is 19.7 Å². The van der Waals surface area contributed by atoms with Crippen molar-refractivity contribution in [1.82, 2.24) is 0 Å². The number of carbonyl (C=O) groups is 1. The molecule has 1 N–H and O–H groups in total. The van der Waals surface area contributed by atoms with Gasteiger partial charge in [-0.25, -0.2) is 4.39 Å². The highest BCUT2D eigenvalue weighted by Crippen LogP contribution is 2.24. The van der Waals surface area contributed by atoms with Crippen molar-refractivity contribution in [2.24, 2.45) is 0 Å². The number of carbonyl (C=O) groups excluding carboxylic acids is 1. The summed E-state index contributed by atoms with van der Waals surface area (Å²) in [7, 11) is -1.77. The quantitative estimate of drug-likeness (QED) is 0.672. The first-order valence-corrected chi connectivity index (χ1v) is 8.91. The number of alkyl halides is 4. The first-order chi connectivity index (χ1) is 9.08. The van der Waals surface area contributed by atoms with Crippen LogP contribution in [-0.4, -0.2) is 26.3 Å². The van der Waals surface area contributed by atoms with Crippen LogP contribution in [0.25, 0.3) is 0 Å². The van der Waals surface area contributed by atoms with Gasteiger partial charge in [0.1, 0.15) is 8.07 Å². The molecule has 0 radical (unpaired) electrons. The molecule has 110 valence electrons. The van der Waals surface area contributed by atoms with Gasteiger partial charge in [0.15, 0.2) is 0 Å². The second kappa shape index (κ2) is 5.78. The molecule has 0 fully saturated rings. The number of nitrogens with one attached hydrogen (secondary N) is 1. The fraction of sp³-hybridized carbons (Fsp3) is 0.308. The van der Waals surface area contributed by atoms with Gasteiger partial charge in [-0.2, -0.15) is 13.2 Å². The van der Waals surface area contributed by atoms with E-state index in [9.17, 15) is 22.4 Å². The molecule has 0 bridgehead atoms. The molecule has 1 aromatic rings. The van der Waals surface area contributed by atoms with Crippen LogP contribution in [0.4, 0.5) is 23.2 Å². The predicted molar refractivity (Wildman–Crippen MR) is 73.3 cm³/mol. The van der Waals surface area contributed by atoms with Crippen molar-refractivity contribution in [3.05, 3.63) is 36.5 Å². The Kier molecular flexibility index (Phi) is 4.75. The molecule has 0 spiro atoms. The summed E-state index contributed by atoms with van der Waals surface area (Å²) in [6.07, 6.45) is -8.72. The van der Waals surface area contributed by atoms with Gasteiger partial charge in [0.05, 0.1) is 0 Å². The van der Waals surface area contributed by atoms with Crippen LogP contribution >= 0.6 is 0 Å². The molecule has 7 heteroatoms. The van der Waals surface area contributed by atoms with Crippen molar-refractivity contribution < 1.29 is 22.4 Å². The second-order valence-corrected chi connectivity index (χ2v) is 9.33. The van der Waals surface area contributed by atoms with Crippen LogP contribution in [0.3, 0.4) is 0 Å². The third kappa shape index (κ3) is 3.93. The Balaban J connectivity index is 2.81. The topological polar surface area (TPSA) is 29.1 Å². The van der Waals surface area contributed by atoms with E-state index in [1.807, 2.05) is 11.0 Å². The Hall–Kier alpha value is -1.63. The molecular formula is C13H15F4NOSi. The average Bonchev–Trinajstić information content (AvgIpc) is 2.37. The lowest BCUT2D eigenvalue weighted by atomic mass is 10.3. The third-order valence-electron chi connectivity index (χ3n) is 2.92. The number of amides is 1. The van der Waals surface area contributed by atoms with Gasteiger partial charge in [-0.05, 0) is 12.1 Å². The SMILES string of the molecule is C=C[Si](C)(C)c1ccc(NC(=O)C(F)C(F)(F)F)cc1. The highest BCUT2D eigenvalue weighted by Gasteiger charge is 2.45. The third-order valence-corrected chi connectivity index (χ3v) is 5.77. The van der Waals surface area contributed by atoms with E-state index in [-0.39, 0.29) is 5.69 Å². The van der Waals surface area contributed by atoms with Crippen molar-refractivity contribution in [3.63, 3.8) is 0 Å². The van der Waals surface area contributed by atoms with E-state index in [1.54, 1.807) is 12.1 Å². The molecule has 0 aromatic heterocycles. The van der Waals surface area contributed by atoms with E-state index < -0.39 is 26.3 Å². The fourth-order valence-corrected chi connectivity index (χ4v) is 2.72. The molecule has 0 aliphatic rings. The molecule has 0 aliphatic heterocycles. The Bertz CT molecular complexity index is 496. The van der Waals surface area contributed by atoms with Gasteiger partial charge in [-0.1, -0.05) is 36.1 Å². The van der Waals surface area contributed by atoms with Gasteiger partial charge in [0.25, 0.3) is 12.1 Å². The Morgan fingerprint density at radius 2 is 1.80 bits per heavy atom. The van der Waals surface area contributed by atoms with Gasteiger partial charge in [0.2, 0.25) is 0 Å². The first-order valence-electron chi connectivity index (χ1n) is 5.83. The van der Waals surface area contributed by atoms with Crippen LogP contribution in [0.2, 0.25) is 13.1 Å². The minimum Gasteiger partial charge on any atom is -0.323 e. The summed E-state index contributed by atoms with van der Waals surface area (Å²) in [6.45, 7) is 7.85. The van der Waals surface area contributed by atoms with Crippen molar-refractivity contribution in [3.8, 4) is 0 Å². The molecule has 2 nitrogen and oxygen atoms in total. The maximum absolute atomic E-state index is 12.8. The number of benzene rings is 1. The van der Waals surface area contributed by atoms with Gasteiger partial charge in [-0.3, -0.25) is 4.79 Å². The van der Waals surface area contributed by atoms with Gasteiger partial charge in [-0.15, -0.1) is 6.58 Å². The second-order valence-electron chi connectivity index (χ2n) is 4.90. The predicted octanol–water partition coefficient (Wildman–Crippen LogP) is 3.17. The highest BCUT2D eigenvalue weighted by molar-refractivity contribution is 6.93. The molecule has 0 saturated heterocycles. The van der Waals surface area contributed by atoms with Crippen molar-refractivity contribution in [1.29, 1.82) is 0 Å². The van der Waals surface area contributed by atoms with Crippen LogP contribution in [0.5, 0.6) is 0 Å². The standard InChI is InChI=1S/C13H15F4NOSi/c1-4-20(2,3)10-7-5-9(6-8-10)18-12(19)11(14)13(15,16)17/h4-8,11H,1H2,2-3H3,(H,18,19). The maximum Gasteiger partial charge on any atom is 0.428 e. The number of hydrogen-bond acceptors (Lipinski definition) is 1. The van der Waals surface area contributed by atoms with Crippen molar-refractivity contribution >= 4 is 24.9 Å². The monoisotopic (exact) mass is 305 g/mol. The van der Waals surface area contributed by atoms with E-state index >= 15 is 0 Å². The van der Waals surface area contributed by atoms with Crippen LogP contribution in [0.15, 0.2) is 36.5 Å². The number of halogens is 4. The molecule has 20 heavy (non-hydrogen) atoms. The Morgan fingerprint density at radius 1 is 1.30 bits per heavy atom. The number of anilines is 1. The van der Waals surface area contributed by atoms with Gasteiger partial charge >= 0.3 is 6.18 Å². The summed E-state index contributed by atoms with van der Waals surface area (Å²) in [5.41, 5.74) is 1.99. The molecule has 1 atom stereocenters. The molecule has 0 saturated carbocycles. The zero-order chi connectivity index (χ0) is 15.6. The molecule has 1 unspecified atom stereocenters. The fourth-order valence-electron chi connectivity index (χ4n) is 1.46. The minimum absolute atomic E-state index is 0.125. The number of hydrogen-bond donors (Lipinski definition) is 1. The van der Waals surface area contributed by atoms with Gasteiger partial charge in [0, 0.05) is 5.69 Å². The minimum atomic E-state index is -5.19. The summed E-state index contributed by atoms with van der Waals surface area (Å²) < 4.78 is 48.9. The van der Waals surface area contributed by atoms with E-state index in [0.717, 1.165) is 5.19 Å². The van der Waals surface area contributed by atoms with Crippen LogP contribution in [0, 0.1) is 0 Å². The molecule has 0 aliphatic carbocycles. The highest BCUT2D eigenvalue weighted by atomic mass is 28.3. The lowest BCUT2D eigenvalue weighted by Gasteiger charge is -2.18. The molecule has 0 heterocycles. The summed E-state index contributed by atoms with van der Waals surface area (Å²) in [6, 6.07) is 6.30. The Labute approximate surface area is 115 Å². The molecule has 1 rings (SSSR count). The van der Waals surface area contributed by atoms with Crippen LogP contribution in [-0.2, 0) is 4.79 Å². The zero-order valence-corrected chi connectivity index (χ0v) is 12.1. The molecule has 1 amide bonds. The largest absolute Gasteiger partial charge is 0.428 e. The summed E-state index contributed by atoms with van der Waals surface area (Å²) >= 11 is 0. The smallest absolute Gasteiger partial charge is 0.323 e. The first kappa shape index (κ1) is 16.4. The summed E-state index contributed by atoms with van der Waals surface area (Å²) in [4.78, 5) is 11.1. The maximum atomic E-state index is 12.8. The normalized spacial score (nSPS) is 13.7. The number of rotatable bonds is 4. The van der Waals surface area contributed by atoms with Crippen molar-refractivity contribution in [2.45, 2.75) is 25.4 Å². The lowest BCUT2D eigenvalue weighted by molar-refractivity contribution is -0.183. The van der Waals surface area contributed by atoms with Crippen molar-refractivity contribution in [2.75, 3.05) is 5.32 Å². The molecular weight excluding hydrogens is 290 g/mol. The van der Waals surface area contributed by atoms with E-state index in [4.69, 9.17) is 0 Å². The van der Waals surface area contributed by atoms with E-state index in [0.29, 0.717) is 0 Å². The Morgan fingerprint density at radius 3 is 2.20 bits per heavy atom. The summed E-state index contributed by atoms with van der Waals surface area (Å²) in [5.74, 6) is -1.72. The van der Waals surface area contributed by atoms with E-state index in [1.165, 1.54) is 12.1 Å². The van der Waals surface area contributed by atoms with Crippen LogP contribution in [0.1, 0.15) is 0 Å². The molecule has 1 aromatic carbocycles. The van der Waals surface area contributed by atoms with Gasteiger partial charge < -0.3 is 5.32 Å². The summed E-state index contributed by atoms with van der Waals surface area (Å²) in [5, 5.41) is 2.91. The lowest BCUT2D eigenvalue weighted by Crippen LogP contribution is -2.39. The zero-order valence-electron chi connectivity index (χ0n) is 11.1. The van der Waals surface area contributed by atoms with Crippen LogP contribution < -0.4 is 10.5 Å². The average molecular weight is 305 g/mol.